The minimum Gasteiger partial charge on any atom is -0.435 e. The normalized spacial score (nSPS) is 17.3. The number of ether oxygens (including phenoxy) is 2. The van der Waals surface area contributed by atoms with Crippen LogP contribution in [-0.2, 0) is 11.2 Å². The Morgan fingerprint density at radius 3 is 2.53 bits per heavy atom. The summed E-state index contributed by atoms with van der Waals surface area (Å²) in [6.45, 7) is 0.973. The molecule has 5 heteroatoms. The first-order valence-electron chi connectivity index (χ1n) is 6.51. The second kappa shape index (κ2) is 6.82. The van der Waals surface area contributed by atoms with E-state index >= 15 is 0 Å². The molecule has 0 radical (unpaired) electrons. The Kier molecular flexibility index (Phi) is 5.10. The summed E-state index contributed by atoms with van der Waals surface area (Å²) in [5, 5.41) is 3.48. The van der Waals surface area contributed by atoms with Crippen LogP contribution in [0.3, 0.4) is 0 Å². The molecule has 1 aromatic rings. The van der Waals surface area contributed by atoms with E-state index in [1.54, 1.807) is 12.1 Å². The Labute approximate surface area is 111 Å². The number of aryl methyl sites for hydroxylation is 1. The van der Waals surface area contributed by atoms with E-state index in [1.807, 2.05) is 12.1 Å². The highest BCUT2D eigenvalue weighted by Gasteiger charge is 2.19. The molecule has 1 heterocycles. The smallest absolute Gasteiger partial charge is 0.387 e. The number of hydrogen-bond donors (Lipinski definition) is 1. The molecule has 0 saturated carbocycles. The van der Waals surface area contributed by atoms with E-state index < -0.39 is 6.61 Å². The van der Waals surface area contributed by atoms with Crippen LogP contribution < -0.4 is 10.1 Å². The number of halogens is 2. The van der Waals surface area contributed by atoms with Crippen molar-refractivity contribution in [3.05, 3.63) is 29.8 Å². The molecule has 1 aliphatic heterocycles. The van der Waals surface area contributed by atoms with Crippen LogP contribution in [0.25, 0.3) is 0 Å². The van der Waals surface area contributed by atoms with Gasteiger partial charge >= 0.3 is 6.61 Å². The van der Waals surface area contributed by atoms with Crippen molar-refractivity contribution >= 4 is 0 Å². The van der Waals surface area contributed by atoms with Gasteiger partial charge in [-0.05, 0) is 37.5 Å². The minimum atomic E-state index is -2.76. The van der Waals surface area contributed by atoms with Crippen LogP contribution in [0.15, 0.2) is 24.3 Å². The Balaban J connectivity index is 1.72. The summed E-state index contributed by atoms with van der Waals surface area (Å²) in [4.78, 5) is 0. The van der Waals surface area contributed by atoms with Gasteiger partial charge in [-0.25, -0.2) is 0 Å². The minimum absolute atomic E-state index is 0.205. The van der Waals surface area contributed by atoms with Gasteiger partial charge in [0.2, 0.25) is 0 Å². The van der Waals surface area contributed by atoms with Crippen LogP contribution >= 0.6 is 0 Å². The van der Waals surface area contributed by atoms with Crippen molar-refractivity contribution in [1.29, 1.82) is 0 Å². The number of hydrogen-bond acceptors (Lipinski definition) is 3. The molecule has 2 rings (SSSR count). The lowest BCUT2D eigenvalue weighted by atomic mass is 10.1. The van der Waals surface area contributed by atoms with Crippen molar-refractivity contribution in [1.82, 2.24) is 5.32 Å². The molecule has 0 bridgehead atoms. The molecule has 1 N–H and O–H groups in total. The van der Waals surface area contributed by atoms with Crippen LogP contribution in [-0.4, -0.2) is 31.9 Å². The predicted molar refractivity (Wildman–Crippen MR) is 68.6 cm³/mol. The van der Waals surface area contributed by atoms with Crippen molar-refractivity contribution in [2.45, 2.75) is 38.5 Å². The number of alkyl halides is 2. The van der Waals surface area contributed by atoms with Gasteiger partial charge in [-0.3, -0.25) is 0 Å². The lowest BCUT2D eigenvalue weighted by Gasteiger charge is -2.30. The molecule has 1 unspecified atom stereocenters. The topological polar surface area (TPSA) is 30.5 Å². The van der Waals surface area contributed by atoms with Gasteiger partial charge < -0.3 is 14.8 Å². The molecule has 1 aromatic carbocycles. The van der Waals surface area contributed by atoms with Crippen LogP contribution in [0.4, 0.5) is 8.78 Å². The molecule has 19 heavy (non-hydrogen) atoms. The molecule has 1 atom stereocenters. The SMILES string of the molecule is CC(CCc1ccc(OC(F)F)cc1)NC1COC1. The van der Waals surface area contributed by atoms with E-state index in [2.05, 4.69) is 17.0 Å². The molecule has 0 spiro atoms. The van der Waals surface area contributed by atoms with Crippen LogP contribution in [0.1, 0.15) is 18.9 Å². The van der Waals surface area contributed by atoms with Gasteiger partial charge in [0.25, 0.3) is 0 Å². The first-order valence-corrected chi connectivity index (χ1v) is 6.51. The molecular weight excluding hydrogens is 252 g/mol. The fourth-order valence-electron chi connectivity index (χ4n) is 2.04. The number of rotatable bonds is 7. The maximum absolute atomic E-state index is 12.0. The van der Waals surface area contributed by atoms with Gasteiger partial charge in [0.1, 0.15) is 5.75 Å². The summed E-state index contributed by atoms with van der Waals surface area (Å²) < 4.78 is 33.4. The van der Waals surface area contributed by atoms with E-state index in [4.69, 9.17) is 4.74 Å². The van der Waals surface area contributed by atoms with E-state index in [-0.39, 0.29) is 5.75 Å². The largest absolute Gasteiger partial charge is 0.435 e. The molecule has 0 amide bonds. The Hall–Kier alpha value is -1.20. The van der Waals surface area contributed by atoms with Gasteiger partial charge in [-0.2, -0.15) is 8.78 Å². The summed E-state index contributed by atoms with van der Waals surface area (Å²) in [5.41, 5.74) is 1.13. The van der Waals surface area contributed by atoms with Crippen LogP contribution in [0, 0.1) is 0 Å². The molecular formula is C14H19F2NO2. The van der Waals surface area contributed by atoms with Crippen LogP contribution in [0.5, 0.6) is 5.75 Å². The quantitative estimate of drug-likeness (QED) is 0.827. The van der Waals surface area contributed by atoms with E-state index in [0.29, 0.717) is 12.1 Å². The van der Waals surface area contributed by atoms with Gasteiger partial charge in [0.05, 0.1) is 19.3 Å². The van der Waals surface area contributed by atoms with E-state index in [1.165, 1.54) is 0 Å². The summed E-state index contributed by atoms with van der Waals surface area (Å²) in [7, 11) is 0. The first kappa shape index (κ1) is 14.2. The first-order chi connectivity index (χ1) is 9.13. The van der Waals surface area contributed by atoms with Gasteiger partial charge in [0, 0.05) is 6.04 Å². The number of nitrogens with one attached hydrogen (secondary N) is 1. The maximum atomic E-state index is 12.0. The zero-order valence-electron chi connectivity index (χ0n) is 10.9. The molecule has 3 nitrogen and oxygen atoms in total. The van der Waals surface area contributed by atoms with Gasteiger partial charge in [-0.1, -0.05) is 12.1 Å². The Morgan fingerprint density at radius 1 is 1.32 bits per heavy atom. The average molecular weight is 271 g/mol. The molecule has 106 valence electrons. The third-order valence-electron chi connectivity index (χ3n) is 3.17. The van der Waals surface area contributed by atoms with Crippen molar-refractivity contribution < 1.29 is 18.3 Å². The van der Waals surface area contributed by atoms with Gasteiger partial charge in [-0.15, -0.1) is 0 Å². The van der Waals surface area contributed by atoms with Crippen molar-refractivity contribution in [2.75, 3.05) is 13.2 Å². The van der Waals surface area contributed by atoms with E-state index in [0.717, 1.165) is 31.6 Å². The molecule has 0 aromatic heterocycles. The predicted octanol–water partition coefficient (Wildman–Crippen LogP) is 2.60. The van der Waals surface area contributed by atoms with Crippen molar-refractivity contribution in [3.63, 3.8) is 0 Å². The third kappa shape index (κ3) is 4.76. The maximum Gasteiger partial charge on any atom is 0.387 e. The Bertz CT molecular complexity index is 380. The highest BCUT2D eigenvalue weighted by Crippen LogP contribution is 2.16. The summed E-state index contributed by atoms with van der Waals surface area (Å²) in [5.74, 6) is 0.205. The van der Waals surface area contributed by atoms with Crippen LogP contribution in [0.2, 0.25) is 0 Å². The second-order valence-corrected chi connectivity index (χ2v) is 4.86. The zero-order valence-corrected chi connectivity index (χ0v) is 10.9. The second-order valence-electron chi connectivity index (χ2n) is 4.86. The summed E-state index contributed by atoms with van der Waals surface area (Å²) in [6.07, 6.45) is 1.92. The van der Waals surface area contributed by atoms with Crippen molar-refractivity contribution in [2.24, 2.45) is 0 Å². The average Bonchev–Trinajstić information content (AvgIpc) is 2.32. The van der Waals surface area contributed by atoms with Crippen molar-refractivity contribution in [3.8, 4) is 5.75 Å². The summed E-state index contributed by atoms with van der Waals surface area (Å²) in [6, 6.07) is 7.73. The van der Waals surface area contributed by atoms with E-state index in [9.17, 15) is 8.78 Å². The fraction of sp³-hybridized carbons (Fsp3) is 0.571. The number of benzene rings is 1. The lowest BCUT2D eigenvalue weighted by molar-refractivity contribution is -0.0498. The summed E-state index contributed by atoms with van der Waals surface area (Å²) >= 11 is 0. The molecule has 0 aliphatic carbocycles. The fourth-order valence-corrected chi connectivity index (χ4v) is 2.04. The third-order valence-corrected chi connectivity index (χ3v) is 3.17. The Morgan fingerprint density at radius 2 is 2.00 bits per heavy atom. The highest BCUT2D eigenvalue weighted by atomic mass is 19.3. The zero-order chi connectivity index (χ0) is 13.7. The monoisotopic (exact) mass is 271 g/mol. The molecule has 1 aliphatic rings. The molecule has 1 fully saturated rings. The molecule has 1 saturated heterocycles. The van der Waals surface area contributed by atoms with Gasteiger partial charge in [0.15, 0.2) is 0 Å². The lowest BCUT2D eigenvalue weighted by Crippen LogP contribution is -2.49. The standard InChI is InChI=1S/C14H19F2NO2/c1-10(17-12-8-18-9-12)2-3-11-4-6-13(7-5-11)19-14(15)16/h4-7,10,12,14,17H,2-3,8-9H2,1H3. The highest BCUT2D eigenvalue weighted by molar-refractivity contribution is 5.27.